The molecule has 6 heteroatoms. The Bertz CT molecular complexity index is 566. The minimum Gasteiger partial charge on any atom is -0.394 e. The molecule has 1 rings (SSSR count). The van der Waals surface area contributed by atoms with Crippen molar-refractivity contribution in [3.8, 4) is 0 Å². The molecule has 0 aliphatic heterocycles. The fourth-order valence-corrected chi connectivity index (χ4v) is 2.84. The number of carbonyl (C=O) groups is 1. The van der Waals surface area contributed by atoms with Crippen LogP contribution in [0.1, 0.15) is 31.1 Å². The molecule has 0 aromatic heterocycles. The summed E-state index contributed by atoms with van der Waals surface area (Å²) in [5.41, 5.74) is 0.119. The van der Waals surface area contributed by atoms with Crippen molar-refractivity contribution in [1.29, 1.82) is 0 Å². The second-order valence-corrected chi connectivity index (χ2v) is 7.15. The molecule has 1 aromatic carbocycles. The van der Waals surface area contributed by atoms with Gasteiger partial charge in [-0.3, -0.25) is 4.79 Å². The summed E-state index contributed by atoms with van der Waals surface area (Å²) in [5.74, 6) is -0.491. The highest BCUT2D eigenvalue weighted by Crippen LogP contribution is 2.17. The van der Waals surface area contributed by atoms with Crippen LogP contribution in [-0.2, 0) is 9.84 Å². The Balaban J connectivity index is 3.12. The number of hydrogen-bond donors (Lipinski definition) is 2. The van der Waals surface area contributed by atoms with E-state index in [4.69, 9.17) is 0 Å². The first-order valence-electron chi connectivity index (χ1n) is 6.57. The molecule has 112 valence electrons. The van der Waals surface area contributed by atoms with E-state index < -0.39 is 21.8 Å². The first kappa shape index (κ1) is 16.7. The molecule has 0 saturated carbocycles. The van der Waals surface area contributed by atoms with E-state index in [0.29, 0.717) is 0 Å². The van der Waals surface area contributed by atoms with Crippen molar-refractivity contribution in [2.75, 3.05) is 12.4 Å². The van der Waals surface area contributed by atoms with Crippen LogP contribution in [0.25, 0.3) is 0 Å². The maximum absolute atomic E-state index is 12.2. The first-order valence-corrected chi connectivity index (χ1v) is 8.22. The Labute approximate surface area is 119 Å². The molecule has 5 nitrogen and oxygen atoms in total. The second kappa shape index (κ2) is 6.85. The molecule has 1 amide bonds. The van der Waals surface area contributed by atoms with Gasteiger partial charge in [0.25, 0.3) is 5.91 Å². The Morgan fingerprint density at radius 3 is 2.40 bits per heavy atom. The molecule has 0 fully saturated rings. The van der Waals surface area contributed by atoms with Gasteiger partial charge in [0.15, 0.2) is 9.84 Å². The molecule has 0 heterocycles. The monoisotopic (exact) mass is 299 g/mol. The molecule has 0 radical (unpaired) electrons. The number of hydrogen-bond acceptors (Lipinski definition) is 4. The van der Waals surface area contributed by atoms with Gasteiger partial charge >= 0.3 is 0 Å². The molecule has 0 saturated heterocycles. The van der Waals surface area contributed by atoms with Gasteiger partial charge in [0.1, 0.15) is 0 Å². The van der Waals surface area contributed by atoms with E-state index in [1.165, 1.54) is 19.1 Å². The van der Waals surface area contributed by atoms with Gasteiger partial charge in [-0.15, -0.1) is 0 Å². The molecule has 1 aromatic rings. The first-order chi connectivity index (χ1) is 9.33. The maximum atomic E-state index is 12.2. The van der Waals surface area contributed by atoms with Gasteiger partial charge in [0.05, 0.1) is 28.9 Å². The minimum atomic E-state index is -3.46. The molecule has 0 bridgehead atoms. The van der Waals surface area contributed by atoms with Crippen LogP contribution in [0.15, 0.2) is 29.2 Å². The quantitative estimate of drug-likeness (QED) is 0.827. The van der Waals surface area contributed by atoms with Crippen LogP contribution in [0.4, 0.5) is 0 Å². The van der Waals surface area contributed by atoms with Gasteiger partial charge in [-0.1, -0.05) is 32.9 Å². The van der Waals surface area contributed by atoms with Crippen LogP contribution in [0, 0.1) is 5.92 Å². The van der Waals surface area contributed by atoms with Crippen molar-refractivity contribution in [2.24, 2.45) is 5.92 Å². The standard InChI is InChI=1S/C14H21NO4S/c1-4-20(18,19)13-8-6-5-7-11(13)14(17)15-12(9-16)10(2)3/h5-8,10,12,16H,4,9H2,1-3H3,(H,15,17)/t12-/m1/s1. The lowest BCUT2D eigenvalue weighted by Crippen LogP contribution is -2.41. The van der Waals surface area contributed by atoms with E-state index in [1.54, 1.807) is 12.1 Å². The van der Waals surface area contributed by atoms with Crippen molar-refractivity contribution in [2.45, 2.75) is 31.7 Å². The van der Waals surface area contributed by atoms with Crippen molar-refractivity contribution in [3.05, 3.63) is 29.8 Å². The molecular formula is C14H21NO4S. The molecule has 2 N–H and O–H groups in total. The lowest BCUT2D eigenvalue weighted by Gasteiger charge is -2.20. The fraction of sp³-hybridized carbons (Fsp3) is 0.500. The predicted octanol–water partition coefficient (Wildman–Crippen LogP) is 1.23. The lowest BCUT2D eigenvalue weighted by molar-refractivity contribution is 0.0893. The van der Waals surface area contributed by atoms with E-state index >= 15 is 0 Å². The summed E-state index contributed by atoms with van der Waals surface area (Å²) in [5, 5.41) is 11.9. The van der Waals surface area contributed by atoms with Crippen LogP contribution in [0.3, 0.4) is 0 Å². The number of aliphatic hydroxyl groups excluding tert-OH is 1. The number of benzene rings is 1. The van der Waals surface area contributed by atoms with E-state index in [9.17, 15) is 18.3 Å². The number of aliphatic hydroxyl groups is 1. The molecule has 0 spiro atoms. The van der Waals surface area contributed by atoms with Gasteiger partial charge in [0, 0.05) is 0 Å². The van der Waals surface area contributed by atoms with Gasteiger partial charge in [0.2, 0.25) is 0 Å². The summed E-state index contributed by atoms with van der Waals surface area (Å²) in [6.45, 7) is 5.09. The second-order valence-electron chi connectivity index (χ2n) is 4.91. The molecule has 1 atom stereocenters. The third-order valence-corrected chi connectivity index (χ3v) is 4.95. The zero-order valence-corrected chi connectivity index (χ0v) is 12.8. The van der Waals surface area contributed by atoms with E-state index in [0.717, 1.165) is 0 Å². The zero-order valence-electron chi connectivity index (χ0n) is 12.0. The van der Waals surface area contributed by atoms with E-state index in [2.05, 4.69) is 5.32 Å². The average Bonchev–Trinajstić information content (AvgIpc) is 2.44. The predicted molar refractivity (Wildman–Crippen MR) is 77.3 cm³/mol. The van der Waals surface area contributed by atoms with Crippen LogP contribution in [0.2, 0.25) is 0 Å². The van der Waals surface area contributed by atoms with Crippen LogP contribution >= 0.6 is 0 Å². The van der Waals surface area contributed by atoms with Crippen molar-refractivity contribution in [1.82, 2.24) is 5.32 Å². The highest BCUT2D eigenvalue weighted by molar-refractivity contribution is 7.91. The summed E-state index contributed by atoms with van der Waals surface area (Å²) in [7, 11) is -3.46. The SMILES string of the molecule is CCS(=O)(=O)c1ccccc1C(=O)N[C@H](CO)C(C)C. The zero-order chi connectivity index (χ0) is 15.3. The summed E-state index contributed by atoms with van der Waals surface area (Å²) >= 11 is 0. The summed E-state index contributed by atoms with van der Waals surface area (Å²) in [6.07, 6.45) is 0. The number of carbonyl (C=O) groups excluding carboxylic acids is 1. The van der Waals surface area contributed by atoms with Crippen LogP contribution in [0.5, 0.6) is 0 Å². The molecule has 0 aliphatic carbocycles. The third kappa shape index (κ3) is 3.80. The van der Waals surface area contributed by atoms with Crippen molar-refractivity contribution >= 4 is 15.7 Å². The lowest BCUT2D eigenvalue weighted by atomic mass is 10.0. The summed E-state index contributed by atoms with van der Waals surface area (Å²) in [4.78, 5) is 12.2. The Morgan fingerprint density at radius 1 is 1.30 bits per heavy atom. The Kier molecular flexibility index (Phi) is 5.71. The maximum Gasteiger partial charge on any atom is 0.252 e. The number of amides is 1. The van der Waals surface area contributed by atoms with Crippen molar-refractivity contribution in [3.63, 3.8) is 0 Å². The number of nitrogens with one attached hydrogen (secondary N) is 1. The van der Waals surface area contributed by atoms with E-state index in [-0.39, 0.29) is 28.7 Å². The molecule has 0 unspecified atom stereocenters. The topological polar surface area (TPSA) is 83.5 Å². The van der Waals surface area contributed by atoms with Crippen molar-refractivity contribution < 1.29 is 18.3 Å². The number of sulfone groups is 1. The van der Waals surface area contributed by atoms with E-state index in [1.807, 2.05) is 13.8 Å². The normalized spacial score (nSPS) is 13.2. The molecule has 0 aliphatic rings. The minimum absolute atomic E-state index is 0.0282. The molecular weight excluding hydrogens is 278 g/mol. The Hall–Kier alpha value is -1.40. The highest BCUT2D eigenvalue weighted by Gasteiger charge is 2.23. The molecule has 20 heavy (non-hydrogen) atoms. The third-order valence-electron chi connectivity index (χ3n) is 3.16. The summed E-state index contributed by atoms with van der Waals surface area (Å²) < 4.78 is 24.0. The van der Waals surface area contributed by atoms with Crippen LogP contribution in [-0.4, -0.2) is 37.8 Å². The highest BCUT2D eigenvalue weighted by atomic mass is 32.2. The Morgan fingerprint density at radius 2 is 1.90 bits per heavy atom. The fourth-order valence-electron chi connectivity index (χ4n) is 1.75. The van der Waals surface area contributed by atoms with Crippen LogP contribution < -0.4 is 5.32 Å². The summed E-state index contributed by atoms with van der Waals surface area (Å²) in [6, 6.07) is 5.71. The number of rotatable bonds is 6. The van der Waals surface area contributed by atoms with Gasteiger partial charge in [-0.25, -0.2) is 8.42 Å². The largest absolute Gasteiger partial charge is 0.394 e. The average molecular weight is 299 g/mol. The van der Waals surface area contributed by atoms with Gasteiger partial charge in [-0.2, -0.15) is 0 Å². The smallest absolute Gasteiger partial charge is 0.252 e. The van der Waals surface area contributed by atoms with Gasteiger partial charge in [-0.05, 0) is 18.1 Å². The van der Waals surface area contributed by atoms with Gasteiger partial charge < -0.3 is 10.4 Å².